The molecule has 0 spiro atoms. The standard InChI is InChI=1S/C17H13BrN2O4S/c1-23-10-24-15-6-2-11(8-13(15)18)3-7-17-19-14-5-4-12(20(21)22)9-16(14)25-17/h2-9H,10H2,1H3/b7-3+. The van der Waals surface area contributed by atoms with Gasteiger partial charge < -0.3 is 9.47 Å². The predicted molar refractivity (Wildman–Crippen MR) is 102 cm³/mol. The maximum absolute atomic E-state index is 10.8. The molecule has 2 aromatic carbocycles. The Bertz CT molecular complexity index is 955. The van der Waals surface area contributed by atoms with Gasteiger partial charge in [-0.3, -0.25) is 10.1 Å². The molecule has 6 nitrogen and oxygen atoms in total. The summed E-state index contributed by atoms with van der Waals surface area (Å²) in [4.78, 5) is 14.9. The van der Waals surface area contributed by atoms with Crippen LogP contribution >= 0.6 is 27.3 Å². The average Bonchev–Trinajstić information content (AvgIpc) is 3.01. The minimum Gasteiger partial charge on any atom is -0.466 e. The van der Waals surface area contributed by atoms with Gasteiger partial charge in [-0.2, -0.15) is 0 Å². The fraction of sp³-hybridized carbons (Fsp3) is 0.118. The van der Waals surface area contributed by atoms with Crippen LogP contribution in [0.2, 0.25) is 0 Å². The van der Waals surface area contributed by atoms with Crippen molar-refractivity contribution in [1.29, 1.82) is 0 Å². The number of thiazole rings is 1. The summed E-state index contributed by atoms with van der Waals surface area (Å²) in [5.41, 5.74) is 1.80. The Morgan fingerprint density at radius 2 is 2.12 bits per heavy atom. The van der Waals surface area contributed by atoms with Crippen LogP contribution in [0.3, 0.4) is 0 Å². The molecule has 0 N–H and O–H groups in total. The van der Waals surface area contributed by atoms with Gasteiger partial charge in [-0.05, 0) is 45.8 Å². The highest BCUT2D eigenvalue weighted by Crippen LogP contribution is 2.29. The molecule has 3 rings (SSSR count). The summed E-state index contributed by atoms with van der Waals surface area (Å²) < 4.78 is 11.9. The molecule has 1 aromatic heterocycles. The first-order valence-corrected chi connectivity index (χ1v) is 8.82. The third-order valence-electron chi connectivity index (χ3n) is 3.31. The SMILES string of the molecule is COCOc1ccc(/C=C/c2nc3ccc([N+](=O)[O-])cc3s2)cc1Br. The number of hydrogen-bond donors (Lipinski definition) is 0. The lowest BCUT2D eigenvalue weighted by atomic mass is 10.2. The van der Waals surface area contributed by atoms with E-state index in [1.54, 1.807) is 19.2 Å². The molecule has 0 bridgehead atoms. The molecule has 0 unspecified atom stereocenters. The lowest BCUT2D eigenvalue weighted by molar-refractivity contribution is -0.384. The summed E-state index contributed by atoms with van der Waals surface area (Å²) in [7, 11) is 1.57. The van der Waals surface area contributed by atoms with Gasteiger partial charge in [-0.15, -0.1) is 11.3 Å². The van der Waals surface area contributed by atoms with E-state index in [0.29, 0.717) is 5.75 Å². The van der Waals surface area contributed by atoms with Crippen molar-refractivity contribution in [3.05, 3.63) is 61.6 Å². The molecule has 0 fully saturated rings. The van der Waals surface area contributed by atoms with Crippen LogP contribution < -0.4 is 4.74 Å². The van der Waals surface area contributed by atoms with E-state index in [9.17, 15) is 10.1 Å². The van der Waals surface area contributed by atoms with Crippen LogP contribution in [0, 0.1) is 10.1 Å². The number of halogens is 1. The molecule has 25 heavy (non-hydrogen) atoms. The maximum Gasteiger partial charge on any atom is 0.270 e. The highest BCUT2D eigenvalue weighted by Gasteiger charge is 2.09. The highest BCUT2D eigenvalue weighted by atomic mass is 79.9. The van der Waals surface area contributed by atoms with Crippen LogP contribution in [0.25, 0.3) is 22.4 Å². The third kappa shape index (κ3) is 4.22. The zero-order valence-corrected chi connectivity index (χ0v) is 15.5. The van der Waals surface area contributed by atoms with Gasteiger partial charge in [0.05, 0.1) is 19.6 Å². The number of non-ortho nitro benzene ring substituents is 1. The number of nitro groups is 1. The molecule has 0 aliphatic rings. The van der Waals surface area contributed by atoms with Gasteiger partial charge in [-0.25, -0.2) is 4.98 Å². The summed E-state index contributed by atoms with van der Waals surface area (Å²) in [5, 5.41) is 11.6. The average molecular weight is 421 g/mol. The fourth-order valence-corrected chi connectivity index (χ4v) is 3.56. The molecule has 0 atom stereocenters. The summed E-state index contributed by atoms with van der Waals surface area (Å²) in [6, 6.07) is 10.4. The lowest BCUT2D eigenvalue weighted by Gasteiger charge is -2.07. The number of fused-ring (bicyclic) bond motifs is 1. The lowest BCUT2D eigenvalue weighted by Crippen LogP contribution is -1.99. The quantitative estimate of drug-likeness (QED) is 0.314. The second-order valence-electron chi connectivity index (χ2n) is 5.04. The molecule has 128 valence electrons. The highest BCUT2D eigenvalue weighted by molar-refractivity contribution is 9.10. The molecule has 1 heterocycles. The van der Waals surface area contributed by atoms with Gasteiger partial charge in [0, 0.05) is 19.2 Å². The second-order valence-corrected chi connectivity index (χ2v) is 6.95. The largest absolute Gasteiger partial charge is 0.466 e. The van der Waals surface area contributed by atoms with Crippen LogP contribution in [0.1, 0.15) is 10.6 Å². The topological polar surface area (TPSA) is 74.5 Å². The van der Waals surface area contributed by atoms with E-state index < -0.39 is 4.92 Å². The molecule has 0 amide bonds. The number of rotatable bonds is 6. The van der Waals surface area contributed by atoms with E-state index >= 15 is 0 Å². The van der Waals surface area contributed by atoms with Gasteiger partial charge >= 0.3 is 0 Å². The molecule has 3 aromatic rings. The summed E-state index contributed by atoms with van der Waals surface area (Å²) in [5.74, 6) is 0.700. The minimum absolute atomic E-state index is 0.0715. The Morgan fingerprint density at radius 3 is 2.84 bits per heavy atom. The zero-order valence-electron chi connectivity index (χ0n) is 13.1. The fourth-order valence-electron chi connectivity index (χ4n) is 2.14. The molecule has 0 aliphatic carbocycles. The molecule has 0 saturated heterocycles. The van der Waals surface area contributed by atoms with Crippen molar-refractivity contribution in [2.45, 2.75) is 0 Å². The number of aromatic nitrogens is 1. The van der Waals surface area contributed by atoms with Gasteiger partial charge in [-0.1, -0.05) is 12.1 Å². The first-order valence-electron chi connectivity index (χ1n) is 7.21. The zero-order chi connectivity index (χ0) is 17.8. The van der Waals surface area contributed by atoms with Gasteiger partial charge in [0.1, 0.15) is 10.8 Å². The molecule has 0 radical (unpaired) electrons. The van der Waals surface area contributed by atoms with Gasteiger partial charge in [0.25, 0.3) is 5.69 Å². The van der Waals surface area contributed by atoms with E-state index in [1.165, 1.54) is 17.4 Å². The Balaban J connectivity index is 1.80. The van der Waals surface area contributed by atoms with Crippen molar-refractivity contribution in [3.8, 4) is 5.75 Å². The van der Waals surface area contributed by atoms with Gasteiger partial charge in [0.2, 0.25) is 0 Å². The number of nitro benzene ring substituents is 1. The van der Waals surface area contributed by atoms with Crippen LogP contribution in [-0.2, 0) is 4.74 Å². The molecular weight excluding hydrogens is 408 g/mol. The summed E-state index contributed by atoms with van der Waals surface area (Å²) in [6.07, 6.45) is 3.81. The Morgan fingerprint density at radius 1 is 1.28 bits per heavy atom. The molecule has 0 aliphatic heterocycles. The number of benzene rings is 2. The van der Waals surface area contributed by atoms with Crippen molar-refractivity contribution < 1.29 is 14.4 Å². The number of ether oxygens (including phenoxy) is 2. The van der Waals surface area contributed by atoms with E-state index in [2.05, 4.69) is 20.9 Å². The van der Waals surface area contributed by atoms with Crippen molar-refractivity contribution >= 4 is 55.3 Å². The number of nitrogens with zero attached hydrogens (tertiary/aromatic N) is 2. The van der Waals surface area contributed by atoms with E-state index in [4.69, 9.17) is 9.47 Å². The Labute approximate surface area is 156 Å². The summed E-state index contributed by atoms with van der Waals surface area (Å²) >= 11 is 4.87. The second kappa shape index (κ2) is 7.73. The van der Waals surface area contributed by atoms with Gasteiger partial charge in [0.15, 0.2) is 6.79 Å². The summed E-state index contributed by atoms with van der Waals surface area (Å²) in [6.45, 7) is 0.186. The number of methoxy groups -OCH3 is 1. The molecule has 0 saturated carbocycles. The monoisotopic (exact) mass is 420 g/mol. The maximum atomic E-state index is 10.8. The normalized spacial score (nSPS) is 11.3. The van der Waals surface area contributed by atoms with Crippen molar-refractivity contribution in [1.82, 2.24) is 4.98 Å². The molecular formula is C17H13BrN2O4S. The number of hydrogen-bond acceptors (Lipinski definition) is 6. The third-order valence-corrected chi connectivity index (χ3v) is 4.91. The van der Waals surface area contributed by atoms with Crippen LogP contribution in [0.5, 0.6) is 5.75 Å². The van der Waals surface area contributed by atoms with Crippen molar-refractivity contribution in [2.75, 3.05) is 13.9 Å². The first-order chi connectivity index (χ1) is 12.1. The predicted octanol–water partition coefficient (Wildman–Crippen LogP) is 5.12. The van der Waals surface area contributed by atoms with Crippen LogP contribution in [0.4, 0.5) is 5.69 Å². The smallest absolute Gasteiger partial charge is 0.270 e. The van der Waals surface area contributed by atoms with Crippen LogP contribution in [0.15, 0.2) is 40.9 Å². The first kappa shape index (κ1) is 17.5. The van der Waals surface area contributed by atoms with E-state index in [0.717, 1.165) is 25.3 Å². The van der Waals surface area contributed by atoms with E-state index in [1.807, 2.05) is 30.4 Å². The Hall–Kier alpha value is -2.29. The minimum atomic E-state index is -0.403. The van der Waals surface area contributed by atoms with Crippen molar-refractivity contribution in [3.63, 3.8) is 0 Å². The van der Waals surface area contributed by atoms with Crippen LogP contribution in [-0.4, -0.2) is 23.8 Å². The molecule has 8 heteroatoms. The Kier molecular flexibility index (Phi) is 5.42. The van der Waals surface area contributed by atoms with E-state index in [-0.39, 0.29) is 12.5 Å². The van der Waals surface area contributed by atoms with Crippen molar-refractivity contribution in [2.24, 2.45) is 0 Å².